The summed E-state index contributed by atoms with van der Waals surface area (Å²) < 4.78 is 2.11. The number of likely N-dealkylation sites (tertiary alicyclic amines) is 1. The Morgan fingerprint density at radius 1 is 1.07 bits per heavy atom. The van der Waals surface area contributed by atoms with Crippen LogP contribution >= 0.6 is 0 Å². The number of imidazole rings is 1. The van der Waals surface area contributed by atoms with Crippen LogP contribution in [0.4, 0.5) is 0 Å². The third-order valence-electron chi connectivity index (χ3n) is 5.89. The fourth-order valence-electron chi connectivity index (χ4n) is 4.13. The number of aromatic nitrogens is 2. The maximum atomic E-state index is 13.3. The van der Waals surface area contributed by atoms with Gasteiger partial charge in [0.05, 0.1) is 5.69 Å². The summed E-state index contributed by atoms with van der Waals surface area (Å²) in [5, 5.41) is 0. The van der Waals surface area contributed by atoms with Crippen molar-refractivity contribution >= 4 is 11.6 Å². The molecule has 0 unspecified atom stereocenters. The Bertz CT molecular complexity index is 973. The van der Waals surface area contributed by atoms with Gasteiger partial charge in [-0.2, -0.15) is 0 Å². The van der Waals surface area contributed by atoms with Crippen molar-refractivity contribution < 1.29 is 4.79 Å². The van der Waals surface area contributed by atoms with Gasteiger partial charge in [-0.05, 0) is 56.5 Å². The Hall–Kier alpha value is -2.66. The van der Waals surface area contributed by atoms with E-state index in [9.17, 15) is 4.79 Å². The van der Waals surface area contributed by atoms with Gasteiger partial charge in [0.25, 0.3) is 5.91 Å². The van der Waals surface area contributed by atoms with E-state index in [0.717, 1.165) is 43.0 Å². The molecule has 0 bridgehead atoms. The number of pyridine rings is 1. The first kappa shape index (κ1) is 19.6. The molecule has 3 aromatic rings. The van der Waals surface area contributed by atoms with E-state index < -0.39 is 0 Å². The lowest BCUT2D eigenvalue weighted by atomic mass is 10.1. The molecule has 0 saturated carbocycles. The SMILES string of the molecule is Cc1cccn2c(CN3CCCCC3)c(C(=O)N(C)CCc3ccccc3)nc12. The maximum absolute atomic E-state index is 13.3. The van der Waals surface area contributed by atoms with Gasteiger partial charge in [0, 0.05) is 26.3 Å². The lowest BCUT2D eigenvalue weighted by molar-refractivity contribution is 0.0788. The number of aryl methyl sites for hydroxylation is 1. The molecule has 1 fully saturated rings. The van der Waals surface area contributed by atoms with Crippen LogP contribution in [0, 0.1) is 6.92 Å². The fraction of sp³-hybridized carbons (Fsp3) is 0.417. The Balaban J connectivity index is 1.59. The van der Waals surface area contributed by atoms with E-state index in [2.05, 4.69) is 34.4 Å². The first-order valence-corrected chi connectivity index (χ1v) is 10.6. The van der Waals surface area contributed by atoms with Crippen LogP contribution in [0.1, 0.15) is 46.6 Å². The largest absolute Gasteiger partial charge is 0.340 e. The third-order valence-corrected chi connectivity index (χ3v) is 5.89. The number of benzene rings is 1. The van der Waals surface area contributed by atoms with Crippen molar-refractivity contribution in [2.45, 2.75) is 39.2 Å². The van der Waals surface area contributed by atoms with Crippen molar-refractivity contribution in [1.29, 1.82) is 0 Å². The van der Waals surface area contributed by atoms with Crippen molar-refractivity contribution in [3.63, 3.8) is 0 Å². The predicted octanol–water partition coefficient (Wildman–Crippen LogP) is 3.94. The number of carbonyl (C=O) groups excluding carboxylic acids is 1. The second-order valence-corrected chi connectivity index (χ2v) is 8.09. The van der Waals surface area contributed by atoms with Crippen LogP contribution in [0.2, 0.25) is 0 Å². The summed E-state index contributed by atoms with van der Waals surface area (Å²) in [6.45, 7) is 5.70. The lowest BCUT2D eigenvalue weighted by Crippen LogP contribution is -2.33. The van der Waals surface area contributed by atoms with Gasteiger partial charge < -0.3 is 9.30 Å². The highest BCUT2D eigenvalue weighted by atomic mass is 16.2. The van der Waals surface area contributed by atoms with Gasteiger partial charge in [0.1, 0.15) is 5.65 Å². The molecule has 0 radical (unpaired) electrons. The van der Waals surface area contributed by atoms with E-state index in [1.54, 1.807) is 0 Å². The minimum Gasteiger partial charge on any atom is -0.340 e. The summed E-state index contributed by atoms with van der Waals surface area (Å²) in [6, 6.07) is 14.4. The molecule has 2 aromatic heterocycles. The van der Waals surface area contributed by atoms with Crippen LogP contribution < -0.4 is 0 Å². The van der Waals surface area contributed by atoms with Gasteiger partial charge in [-0.25, -0.2) is 4.98 Å². The average Bonchev–Trinajstić information content (AvgIpc) is 3.12. The molecule has 1 amide bonds. The second kappa shape index (κ2) is 8.78. The van der Waals surface area contributed by atoms with Gasteiger partial charge in [-0.15, -0.1) is 0 Å². The van der Waals surface area contributed by atoms with Gasteiger partial charge in [-0.3, -0.25) is 9.69 Å². The molecule has 5 heteroatoms. The number of amides is 1. The zero-order chi connectivity index (χ0) is 20.2. The topological polar surface area (TPSA) is 40.9 Å². The number of piperidine rings is 1. The molecule has 1 aromatic carbocycles. The maximum Gasteiger partial charge on any atom is 0.274 e. The van der Waals surface area contributed by atoms with Crippen LogP contribution in [0.15, 0.2) is 48.7 Å². The number of hydrogen-bond acceptors (Lipinski definition) is 3. The van der Waals surface area contributed by atoms with Gasteiger partial charge in [0.2, 0.25) is 0 Å². The van der Waals surface area contributed by atoms with E-state index >= 15 is 0 Å². The van der Waals surface area contributed by atoms with Gasteiger partial charge in [-0.1, -0.05) is 42.8 Å². The second-order valence-electron chi connectivity index (χ2n) is 8.09. The molecule has 1 saturated heterocycles. The first-order valence-electron chi connectivity index (χ1n) is 10.6. The molecule has 4 rings (SSSR count). The predicted molar refractivity (Wildman–Crippen MR) is 116 cm³/mol. The summed E-state index contributed by atoms with van der Waals surface area (Å²) in [7, 11) is 1.88. The fourth-order valence-corrected chi connectivity index (χ4v) is 4.13. The van der Waals surface area contributed by atoms with Crippen LogP contribution in [0.3, 0.4) is 0 Å². The van der Waals surface area contributed by atoms with Gasteiger partial charge in [0.15, 0.2) is 5.69 Å². The van der Waals surface area contributed by atoms with Crippen molar-refractivity contribution in [2.75, 3.05) is 26.7 Å². The Kier molecular flexibility index (Phi) is 5.95. The highest BCUT2D eigenvalue weighted by Crippen LogP contribution is 2.21. The van der Waals surface area contributed by atoms with Crippen LogP contribution in [0.25, 0.3) is 5.65 Å². The number of hydrogen-bond donors (Lipinski definition) is 0. The zero-order valence-electron chi connectivity index (χ0n) is 17.5. The van der Waals surface area contributed by atoms with Crippen LogP contribution in [-0.2, 0) is 13.0 Å². The van der Waals surface area contributed by atoms with Crippen molar-refractivity contribution in [3.05, 3.63) is 71.2 Å². The molecule has 5 nitrogen and oxygen atoms in total. The minimum atomic E-state index is 0.0102. The van der Waals surface area contributed by atoms with Crippen molar-refractivity contribution in [1.82, 2.24) is 19.2 Å². The smallest absolute Gasteiger partial charge is 0.274 e. The zero-order valence-corrected chi connectivity index (χ0v) is 17.5. The molecule has 0 atom stereocenters. The molecule has 1 aliphatic rings. The molecule has 3 heterocycles. The van der Waals surface area contributed by atoms with Gasteiger partial charge >= 0.3 is 0 Å². The monoisotopic (exact) mass is 390 g/mol. The normalized spacial score (nSPS) is 15.0. The standard InChI is InChI=1S/C24H30N4O/c1-19-10-9-16-28-21(18-27-14-7-4-8-15-27)22(25-23(19)28)24(29)26(2)17-13-20-11-5-3-6-12-20/h3,5-6,9-12,16H,4,7-8,13-15,17-18H2,1-2H3. The molecule has 152 valence electrons. The first-order chi connectivity index (χ1) is 14.1. The third kappa shape index (κ3) is 4.35. The van der Waals surface area contributed by atoms with E-state index in [1.807, 2.05) is 42.4 Å². The Morgan fingerprint density at radius 2 is 1.83 bits per heavy atom. The van der Waals surface area contributed by atoms with E-state index in [0.29, 0.717) is 12.2 Å². The molecular formula is C24H30N4O. The number of carbonyl (C=O) groups is 1. The summed E-state index contributed by atoms with van der Waals surface area (Å²) in [6.07, 6.45) is 6.65. The molecule has 0 aliphatic carbocycles. The van der Waals surface area contributed by atoms with E-state index in [4.69, 9.17) is 4.98 Å². The molecule has 0 N–H and O–H groups in total. The summed E-state index contributed by atoms with van der Waals surface area (Å²) in [5.41, 5.74) is 4.84. The summed E-state index contributed by atoms with van der Waals surface area (Å²) >= 11 is 0. The highest BCUT2D eigenvalue weighted by Gasteiger charge is 2.24. The Morgan fingerprint density at radius 3 is 2.59 bits per heavy atom. The number of fused-ring (bicyclic) bond motifs is 1. The molecule has 1 aliphatic heterocycles. The average molecular weight is 391 g/mol. The van der Waals surface area contributed by atoms with Crippen molar-refractivity contribution in [2.24, 2.45) is 0 Å². The van der Waals surface area contributed by atoms with E-state index in [-0.39, 0.29) is 5.91 Å². The number of nitrogens with zero attached hydrogens (tertiary/aromatic N) is 4. The highest BCUT2D eigenvalue weighted by molar-refractivity contribution is 5.94. The van der Waals surface area contributed by atoms with Crippen LogP contribution in [-0.4, -0.2) is 51.8 Å². The molecular weight excluding hydrogens is 360 g/mol. The Labute approximate surface area is 173 Å². The quantitative estimate of drug-likeness (QED) is 0.640. The van der Waals surface area contributed by atoms with E-state index in [1.165, 1.54) is 24.8 Å². The summed E-state index contributed by atoms with van der Waals surface area (Å²) in [5.74, 6) is 0.0102. The lowest BCUT2D eigenvalue weighted by Gasteiger charge is -2.26. The number of rotatable bonds is 6. The molecule has 0 spiro atoms. The minimum absolute atomic E-state index is 0.0102. The van der Waals surface area contributed by atoms with Crippen molar-refractivity contribution in [3.8, 4) is 0 Å². The number of likely N-dealkylation sites (N-methyl/N-ethyl adjacent to an activating group) is 1. The van der Waals surface area contributed by atoms with Crippen LogP contribution in [0.5, 0.6) is 0 Å². The summed E-state index contributed by atoms with van der Waals surface area (Å²) in [4.78, 5) is 22.4. The molecule has 29 heavy (non-hydrogen) atoms.